The average Bonchev–Trinajstić information content (AvgIpc) is 3.34. The van der Waals surface area contributed by atoms with Crippen molar-refractivity contribution in [2.45, 2.75) is 70.1 Å². The Morgan fingerprint density at radius 3 is 2.47 bits per heavy atom. The molecule has 0 N–H and O–H groups in total. The van der Waals surface area contributed by atoms with E-state index < -0.39 is 10.0 Å². The largest absolute Gasteiger partial charge is 0.490 e. The van der Waals surface area contributed by atoms with Crippen LogP contribution in [0.1, 0.15) is 59.4 Å². The van der Waals surface area contributed by atoms with Crippen LogP contribution in [0, 0.1) is 6.92 Å². The van der Waals surface area contributed by atoms with E-state index in [4.69, 9.17) is 4.74 Å². The van der Waals surface area contributed by atoms with Gasteiger partial charge in [0.15, 0.2) is 0 Å². The van der Waals surface area contributed by atoms with Crippen LogP contribution in [0.2, 0.25) is 0 Å². The van der Waals surface area contributed by atoms with Gasteiger partial charge in [-0.25, -0.2) is 22.7 Å². The van der Waals surface area contributed by atoms with Crippen molar-refractivity contribution in [1.29, 1.82) is 0 Å². The van der Waals surface area contributed by atoms with Gasteiger partial charge >= 0.3 is 0 Å². The van der Waals surface area contributed by atoms with Crippen LogP contribution in [-0.2, 0) is 22.9 Å². The number of para-hydroxylation sites is 1. The van der Waals surface area contributed by atoms with E-state index in [0.717, 1.165) is 75.0 Å². The quantitative estimate of drug-likeness (QED) is 0.532. The fourth-order valence-corrected chi connectivity index (χ4v) is 6.89. The van der Waals surface area contributed by atoms with E-state index in [1.165, 1.54) is 22.5 Å². The van der Waals surface area contributed by atoms with Gasteiger partial charge in [-0.2, -0.15) is 0 Å². The molecule has 2 aromatic rings. The van der Waals surface area contributed by atoms with Gasteiger partial charge in [-0.3, -0.25) is 4.79 Å². The summed E-state index contributed by atoms with van der Waals surface area (Å²) in [5.41, 5.74) is 3.54. The first-order chi connectivity index (χ1) is 18.2. The molecule has 4 heterocycles. The number of ether oxygens (including phenoxy) is 1. The van der Waals surface area contributed by atoms with Crippen LogP contribution in [-0.4, -0.2) is 96.1 Å². The first kappa shape index (κ1) is 27.0. The number of nitrogens with zero attached hydrogens (tertiary/aromatic N) is 5. The molecule has 2 fully saturated rings. The normalized spacial score (nSPS) is 21.5. The van der Waals surface area contributed by atoms with Crippen LogP contribution in [0.25, 0.3) is 0 Å². The second-order valence-corrected chi connectivity index (χ2v) is 13.0. The molecule has 0 saturated carbocycles. The summed E-state index contributed by atoms with van der Waals surface area (Å²) < 4.78 is 31.3. The van der Waals surface area contributed by atoms with Crippen LogP contribution >= 0.6 is 0 Å². The van der Waals surface area contributed by atoms with Crippen LogP contribution < -0.4 is 4.74 Å². The SMILES string of the molecule is Cc1c(CCC2Cc3ccccc3O2)ncnc1C(=O)N1CCC(N2CCC(N(C)S(C)(=O)=O)CC2)CC1. The number of carbonyl (C=O) groups excluding carboxylic acids is 1. The maximum absolute atomic E-state index is 13.4. The molecule has 1 atom stereocenters. The molecular weight excluding hydrogens is 502 g/mol. The third-order valence-corrected chi connectivity index (χ3v) is 9.96. The van der Waals surface area contributed by atoms with E-state index in [9.17, 15) is 13.2 Å². The highest BCUT2D eigenvalue weighted by atomic mass is 32.2. The van der Waals surface area contributed by atoms with Gasteiger partial charge in [0.25, 0.3) is 5.91 Å². The number of sulfonamides is 1. The number of aromatic nitrogens is 2. The van der Waals surface area contributed by atoms with Gasteiger partial charge in [-0.05, 0) is 70.2 Å². The highest BCUT2D eigenvalue weighted by Crippen LogP contribution is 2.30. The van der Waals surface area contributed by atoms with Crippen molar-refractivity contribution < 1.29 is 17.9 Å². The molecule has 9 nitrogen and oxygen atoms in total. The molecule has 0 bridgehead atoms. The summed E-state index contributed by atoms with van der Waals surface area (Å²) in [6, 6.07) is 8.69. The molecule has 3 aliphatic heterocycles. The molecule has 0 radical (unpaired) electrons. The van der Waals surface area contributed by atoms with E-state index in [1.807, 2.05) is 30.0 Å². The van der Waals surface area contributed by atoms with E-state index in [0.29, 0.717) is 24.8 Å². The molecule has 3 aliphatic rings. The van der Waals surface area contributed by atoms with Gasteiger partial charge in [0.2, 0.25) is 10.0 Å². The van der Waals surface area contributed by atoms with Crippen molar-refractivity contribution in [3.63, 3.8) is 0 Å². The minimum atomic E-state index is -3.16. The third kappa shape index (κ3) is 5.87. The standard InChI is InChI=1S/C28H39N5O4S/c1-20-25(9-8-24-18-21-6-4-5-7-26(21)37-24)29-19-30-27(20)28(34)33-16-12-23(13-17-33)32-14-10-22(11-15-32)31(2)38(3,35)36/h4-7,19,22-24H,8-18H2,1-3H3. The van der Waals surface area contributed by atoms with Crippen molar-refractivity contribution in [2.75, 3.05) is 39.5 Å². The van der Waals surface area contributed by atoms with E-state index in [2.05, 4.69) is 20.9 Å². The Morgan fingerprint density at radius 2 is 1.79 bits per heavy atom. The summed E-state index contributed by atoms with van der Waals surface area (Å²) in [5.74, 6) is 0.962. The maximum Gasteiger partial charge on any atom is 0.272 e. The average molecular weight is 542 g/mol. The fraction of sp³-hybridized carbons (Fsp3) is 0.607. The Morgan fingerprint density at radius 1 is 1.08 bits per heavy atom. The highest BCUT2D eigenvalue weighted by Gasteiger charge is 2.33. The predicted octanol–water partition coefficient (Wildman–Crippen LogP) is 2.68. The molecule has 1 unspecified atom stereocenters. The number of rotatable bonds is 7. The molecule has 2 saturated heterocycles. The number of piperidine rings is 2. The minimum absolute atomic E-state index is 0.0115. The van der Waals surface area contributed by atoms with E-state index in [-0.39, 0.29) is 18.1 Å². The lowest BCUT2D eigenvalue weighted by Crippen LogP contribution is -2.52. The number of carbonyl (C=O) groups is 1. The zero-order chi connectivity index (χ0) is 26.9. The molecule has 206 valence electrons. The Labute approximate surface area is 226 Å². The number of hydrogen-bond donors (Lipinski definition) is 0. The zero-order valence-corrected chi connectivity index (χ0v) is 23.5. The van der Waals surface area contributed by atoms with Crippen LogP contribution in [0.5, 0.6) is 5.75 Å². The van der Waals surface area contributed by atoms with Crippen molar-refractivity contribution >= 4 is 15.9 Å². The molecule has 38 heavy (non-hydrogen) atoms. The van der Waals surface area contributed by atoms with Crippen molar-refractivity contribution in [3.8, 4) is 5.75 Å². The van der Waals surface area contributed by atoms with Gasteiger partial charge in [0.1, 0.15) is 23.9 Å². The van der Waals surface area contributed by atoms with Crippen LogP contribution in [0.15, 0.2) is 30.6 Å². The fourth-order valence-electron chi connectivity index (χ4n) is 6.14. The predicted molar refractivity (Wildman–Crippen MR) is 146 cm³/mol. The lowest BCUT2D eigenvalue weighted by atomic mass is 9.97. The van der Waals surface area contributed by atoms with E-state index >= 15 is 0 Å². The number of likely N-dealkylation sites (tertiary alicyclic amines) is 2. The highest BCUT2D eigenvalue weighted by molar-refractivity contribution is 7.88. The summed E-state index contributed by atoms with van der Waals surface area (Å²) in [5, 5.41) is 0. The monoisotopic (exact) mass is 541 g/mol. The van der Waals surface area contributed by atoms with Crippen molar-refractivity contribution in [2.24, 2.45) is 0 Å². The topological polar surface area (TPSA) is 95.9 Å². The second kappa shape index (κ2) is 11.3. The Balaban J connectivity index is 1.12. The first-order valence-corrected chi connectivity index (χ1v) is 15.6. The van der Waals surface area contributed by atoms with Crippen LogP contribution in [0.3, 0.4) is 0 Å². The number of amides is 1. The van der Waals surface area contributed by atoms with Gasteiger partial charge in [-0.15, -0.1) is 0 Å². The Hall–Kier alpha value is -2.56. The summed E-state index contributed by atoms with van der Waals surface area (Å²) in [4.78, 5) is 26.7. The van der Waals surface area contributed by atoms with Crippen LogP contribution in [0.4, 0.5) is 0 Å². The molecule has 1 amide bonds. The number of fused-ring (bicyclic) bond motifs is 1. The molecule has 0 spiro atoms. The second-order valence-electron chi connectivity index (χ2n) is 11.0. The van der Waals surface area contributed by atoms with Gasteiger partial charge in [-0.1, -0.05) is 18.2 Å². The smallest absolute Gasteiger partial charge is 0.272 e. The Kier molecular flexibility index (Phi) is 8.02. The molecule has 1 aromatic heterocycles. The summed E-state index contributed by atoms with van der Waals surface area (Å²) >= 11 is 0. The number of benzene rings is 1. The molecular formula is C28H39N5O4S. The Bertz CT molecular complexity index is 1230. The van der Waals surface area contributed by atoms with Gasteiger partial charge in [0, 0.05) is 49.9 Å². The first-order valence-electron chi connectivity index (χ1n) is 13.7. The molecule has 1 aromatic carbocycles. The third-order valence-electron chi connectivity index (χ3n) is 8.61. The van der Waals surface area contributed by atoms with Crippen molar-refractivity contribution in [1.82, 2.24) is 24.1 Å². The van der Waals surface area contributed by atoms with Gasteiger partial charge < -0.3 is 14.5 Å². The number of aryl methyl sites for hydroxylation is 1. The number of hydrogen-bond acceptors (Lipinski definition) is 7. The molecule has 10 heteroatoms. The maximum atomic E-state index is 13.4. The van der Waals surface area contributed by atoms with Gasteiger partial charge in [0.05, 0.1) is 6.26 Å². The van der Waals surface area contributed by atoms with E-state index in [1.54, 1.807) is 7.05 Å². The summed E-state index contributed by atoms with van der Waals surface area (Å²) in [6.07, 6.45) is 8.99. The lowest BCUT2D eigenvalue weighted by molar-refractivity contribution is 0.0542. The lowest BCUT2D eigenvalue weighted by Gasteiger charge is -2.43. The summed E-state index contributed by atoms with van der Waals surface area (Å²) in [6.45, 7) is 5.16. The summed E-state index contributed by atoms with van der Waals surface area (Å²) in [7, 11) is -1.48. The zero-order valence-electron chi connectivity index (χ0n) is 22.7. The molecule has 0 aliphatic carbocycles. The molecule has 5 rings (SSSR count). The van der Waals surface area contributed by atoms with Crippen molar-refractivity contribution in [3.05, 3.63) is 53.1 Å². The minimum Gasteiger partial charge on any atom is -0.490 e.